The van der Waals surface area contributed by atoms with Crippen LogP contribution in [0.5, 0.6) is 0 Å². The molecule has 3 heterocycles. The number of carbonyl (C=O) groups excluding carboxylic acids is 1. The first-order valence-corrected chi connectivity index (χ1v) is 5.17. The average molecular weight is 182 g/mol. The molecular weight excluding hydrogens is 168 g/mol. The number of carbonyl (C=O) groups is 1. The van der Waals surface area contributed by atoms with Crippen LogP contribution in [-0.4, -0.2) is 24.3 Å². The van der Waals surface area contributed by atoms with Gasteiger partial charge in [-0.15, -0.1) is 0 Å². The third-order valence-corrected chi connectivity index (χ3v) is 3.70. The first-order valence-electron chi connectivity index (χ1n) is 5.17. The minimum absolute atomic E-state index is 0.0101. The molecule has 0 aliphatic carbocycles. The molecule has 3 aliphatic heterocycles. The van der Waals surface area contributed by atoms with Crippen molar-refractivity contribution in [1.82, 2.24) is 0 Å². The number of rotatable bonds is 1. The topological polar surface area (TPSA) is 35.5 Å². The fraction of sp³-hybridized carbons (Fsp3) is 0.900. The molecule has 2 bridgehead atoms. The summed E-state index contributed by atoms with van der Waals surface area (Å²) in [5.74, 6) is 0.434. The van der Waals surface area contributed by atoms with Gasteiger partial charge in [0.25, 0.3) is 0 Å². The van der Waals surface area contributed by atoms with E-state index in [1.807, 2.05) is 0 Å². The molecule has 0 saturated carbocycles. The van der Waals surface area contributed by atoms with Crippen molar-refractivity contribution in [2.24, 2.45) is 11.8 Å². The van der Waals surface area contributed by atoms with Crippen molar-refractivity contribution in [3.8, 4) is 0 Å². The highest BCUT2D eigenvalue weighted by atomic mass is 16.6. The van der Waals surface area contributed by atoms with Crippen LogP contribution in [0.4, 0.5) is 0 Å². The van der Waals surface area contributed by atoms with E-state index in [0.717, 1.165) is 19.3 Å². The monoisotopic (exact) mass is 182 g/mol. The van der Waals surface area contributed by atoms with Crippen molar-refractivity contribution < 1.29 is 14.3 Å². The largest absolute Gasteiger partial charge is 0.462 e. The van der Waals surface area contributed by atoms with Crippen LogP contribution in [0.2, 0.25) is 0 Å². The maximum atomic E-state index is 11.5. The van der Waals surface area contributed by atoms with E-state index in [1.165, 1.54) is 0 Å². The lowest BCUT2D eigenvalue weighted by Gasteiger charge is -2.20. The summed E-state index contributed by atoms with van der Waals surface area (Å²) in [6, 6.07) is 0. The third kappa shape index (κ3) is 0.857. The fourth-order valence-corrected chi connectivity index (χ4v) is 3.16. The Morgan fingerprint density at radius 1 is 1.38 bits per heavy atom. The highest BCUT2D eigenvalue weighted by Crippen LogP contribution is 2.50. The quantitative estimate of drug-likeness (QED) is 0.570. The van der Waals surface area contributed by atoms with Gasteiger partial charge in [-0.05, 0) is 19.3 Å². The first kappa shape index (κ1) is 7.80. The van der Waals surface area contributed by atoms with Gasteiger partial charge in [0.1, 0.15) is 6.10 Å². The van der Waals surface area contributed by atoms with Crippen molar-refractivity contribution in [1.29, 1.82) is 0 Å². The van der Waals surface area contributed by atoms with Gasteiger partial charge in [-0.25, -0.2) is 0 Å². The minimum atomic E-state index is -0.0101. The molecular formula is C10H14O3. The maximum Gasteiger partial charge on any atom is 0.312 e. The van der Waals surface area contributed by atoms with Crippen LogP contribution in [-0.2, 0) is 14.3 Å². The van der Waals surface area contributed by atoms with E-state index in [-0.39, 0.29) is 24.1 Å². The molecule has 0 aromatic rings. The van der Waals surface area contributed by atoms with Gasteiger partial charge in [0, 0.05) is 5.92 Å². The van der Waals surface area contributed by atoms with Crippen LogP contribution in [0.1, 0.15) is 26.2 Å². The number of cyclic esters (lactones) is 1. The summed E-state index contributed by atoms with van der Waals surface area (Å²) in [7, 11) is 0. The average Bonchev–Trinajstić information content (AvgIpc) is 2.76. The summed E-state index contributed by atoms with van der Waals surface area (Å²) in [5.41, 5.74) is 0. The summed E-state index contributed by atoms with van der Waals surface area (Å²) in [6.07, 6.45) is 3.73. The van der Waals surface area contributed by atoms with Gasteiger partial charge in [-0.2, -0.15) is 0 Å². The second kappa shape index (κ2) is 2.47. The molecule has 3 aliphatic rings. The molecule has 5 atom stereocenters. The van der Waals surface area contributed by atoms with Gasteiger partial charge < -0.3 is 9.47 Å². The molecule has 0 unspecified atom stereocenters. The molecule has 3 heteroatoms. The van der Waals surface area contributed by atoms with Crippen LogP contribution in [0.3, 0.4) is 0 Å². The summed E-state index contributed by atoms with van der Waals surface area (Å²) < 4.78 is 11.1. The molecule has 3 saturated heterocycles. The molecule has 72 valence electrons. The maximum absolute atomic E-state index is 11.5. The van der Waals surface area contributed by atoms with E-state index < -0.39 is 0 Å². The zero-order valence-corrected chi connectivity index (χ0v) is 7.73. The molecule has 3 rings (SSSR count). The summed E-state index contributed by atoms with van der Waals surface area (Å²) in [5, 5.41) is 0. The van der Waals surface area contributed by atoms with Crippen LogP contribution < -0.4 is 0 Å². The Morgan fingerprint density at radius 2 is 2.15 bits per heavy atom. The van der Waals surface area contributed by atoms with Gasteiger partial charge >= 0.3 is 5.97 Å². The molecule has 0 aromatic heterocycles. The Hall–Kier alpha value is -0.570. The lowest BCUT2D eigenvalue weighted by atomic mass is 9.78. The standard InChI is InChI=1S/C10H14O3/c1-2-5-8-6-3-4-7(12-6)9(8)10(11)13-5/h5-9H,2-4H2,1H3/t5-,6-,7+,8+,9-/m1/s1. The SMILES string of the molecule is CC[C@H]1OC(=O)[C@H]2[C@@H]1[C@H]1CC[C@@H]2O1. The zero-order valence-electron chi connectivity index (χ0n) is 7.73. The van der Waals surface area contributed by atoms with E-state index in [0.29, 0.717) is 12.0 Å². The van der Waals surface area contributed by atoms with Crippen molar-refractivity contribution >= 4 is 5.97 Å². The fourth-order valence-electron chi connectivity index (χ4n) is 3.16. The number of ether oxygens (including phenoxy) is 2. The number of hydrogen-bond donors (Lipinski definition) is 0. The predicted molar refractivity (Wildman–Crippen MR) is 45.0 cm³/mol. The smallest absolute Gasteiger partial charge is 0.312 e. The van der Waals surface area contributed by atoms with E-state index in [9.17, 15) is 4.79 Å². The molecule has 3 nitrogen and oxygen atoms in total. The summed E-state index contributed by atoms with van der Waals surface area (Å²) >= 11 is 0. The van der Waals surface area contributed by atoms with Crippen molar-refractivity contribution in [3.05, 3.63) is 0 Å². The second-order valence-corrected chi connectivity index (χ2v) is 4.28. The van der Waals surface area contributed by atoms with E-state index in [1.54, 1.807) is 0 Å². The highest BCUT2D eigenvalue weighted by Gasteiger charge is 2.60. The van der Waals surface area contributed by atoms with E-state index >= 15 is 0 Å². The predicted octanol–water partition coefficient (Wildman–Crippen LogP) is 1.12. The lowest BCUT2D eigenvalue weighted by molar-refractivity contribution is -0.147. The Balaban J connectivity index is 1.92. The van der Waals surface area contributed by atoms with Gasteiger partial charge in [0.15, 0.2) is 0 Å². The molecule has 0 spiro atoms. The molecule has 3 fully saturated rings. The minimum Gasteiger partial charge on any atom is -0.462 e. The van der Waals surface area contributed by atoms with Crippen LogP contribution in [0.15, 0.2) is 0 Å². The molecule has 0 aromatic carbocycles. The van der Waals surface area contributed by atoms with E-state index in [2.05, 4.69) is 6.92 Å². The summed E-state index contributed by atoms with van der Waals surface area (Å²) in [6.45, 7) is 2.08. The van der Waals surface area contributed by atoms with Crippen LogP contribution >= 0.6 is 0 Å². The highest BCUT2D eigenvalue weighted by molar-refractivity contribution is 5.76. The number of hydrogen-bond acceptors (Lipinski definition) is 3. The van der Waals surface area contributed by atoms with Gasteiger partial charge in [-0.1, -0.05) is 6.92 Å². The van der Waals surface area contributed by atoms with Crippen molar-refractivity contribution in [3.63, 3.8) is 0 Å². The third-order valence-electron chi connectivity index (χ3n) is 3.70. The van der Waals surface area contributed by atoms with Gasteiger partial charge in [0.05, 0.1) is 18.1 Å². The van der Waals surface area contributed by atoms with E-state index in [4.69, 9.17) is 9.47 Å². The Kier molecular flexibility index (Phi) is 1.48. The summed E-state index contributed by atoms with van der Waals surface area (Å²) in [4.78, 5) is 11.5. The Morgan fingerprint density at radius 3 is 2.92 bits per heavy atom. The van der Waals surface area contributed by atoms with Crippen LogP contribution in [0, 0.1) is 11.8 Å². The normalized spacial score (nSPS) is 52.4. The number of fused-ring (bicyclic) bond motifs is 5. The lowest BCUT2D eigenvalue weighted by Crippen LogP contribution is -2.30. The molecule has 0 radical (unpaired) electrons. The Labute approximate surface area is 77.4 Å². The van der Waals surface area contributed by atoms with Gasteiger partial charge in [-0.3, -0.25) is 4.79 Å². The Bertz CT molecular complexity index is 251. The molecule has 0 N–H and O–H groups in total. The van der Waals surface area contributed by atoms with Gasteiger partial charge in [0.2, 0.25) is 0 Å². The van der Waals surface area contributed by atoms with Crippen molar-refractivity contribution in [2.45, 2.75) is 44.5 Å². The van der Waals surface area contributed by atoms with Crippen molar-refractivity contribution in [2.75, 3.05) is 0 Å². The number of esters is 1. The van der Waals surface area contributed by atoms with Crippen LogP contribution in [0.25, 0.3) is 0 Å². The zero-order chi connectivity index (χ0) is 9.00. The second-order valence-electron chi connectivity index (χ2n) is 4.28. The molecule has 13 heavy (non-hydrogen) atoms. The first-order chi connectivity index (χ1) is 6.31. The molecule has 0 amide bonds.